The molecule has 1 atom stereocenters. The quantitative estimate of drug-likeness (QED) is 0.800. The van der Waals surface area contributed by atoms with Crippen LogP contribution >= 0.6 is 11.8 Å². The summed E-state index contributed by atoms with van der Waals surface area (Å²) in [5, 5.41) is 2.89. The van der Waals surface area contributed by atoms with Gasteiger partial charge in [0.05, 0.1) is 6.04 Å². The van der Waals surface area contributed by atoms with E-state index in [1.165, 1.54) is 10.5 Å². The normalized spacial score (nSPS) is 15.3. The number of nitrogens with two attached hydrogens (primary N) is 1. The number of benzene rings is 2. The number of rotatable bonds is 6. The minimum atomic E-state index is -0.368. The van der Waals surface area contributed by atoms with Crippen molar-refractivity contribution >= 4 is 23.4 Å². The Bertz CT molecular complexity index is 623. The molecule has 3 rings (SSSR count). The lowest BCUT2D eigenvalue weighted by atomic mass is 10.2. The van der Waals surface area contributed by atoms with Crippen LogP contribution in [0.3, 0.4) is 0 Å². The van der Waals surface area contributed by atoms with Crippen LogP contribution in [0.2, 0.25) is 0 Å². The van der Waals surface area contributed by atoms with E-state index in [-0.39, 0.29) is 11.9 Å². The third-order valence-electron chi connectivity index (χ3n) is 3.80. The van der Waals surface area contributed by atoms with Crippen LogP contribution in [0, 0.1) is 5.92 Å². The molecule has 4 heteroatoms. The van der Waals surface area contributed by atoms with E-state index < -0.39 is 0 Å². The van der Waals surface area contributed by atoms with Crippen LogP contribution in [0.25, 0.3) is 0 Å². The zero-order valence-corrected chi connectivity index (χ0v) is 13.2. The van der Waals surface area contributed by atoms with Crippen LogP contribution in [0.1, 0.15) is 18.4 Å². The van der Waals surface area contributed by atoms with Crippen molar-refractivity contribution in [1.29, 1.82) is 0 Å². The minimum absolute atomic E-state index is 0.0767. The van der Waals surface area contributed by atoms with E-state index in [1.54, 1.807) is 11.8 Å². The summed E-state index contributed by atoms with van der Waals surface area (Å²) in [4.78, 5) is 13.1. The van der Waals surface area contributed by atoms with Crippen molar-refractivity contribution in [2.24, 2.45) is 11.7 Å². The second kappa shape index (κ2) is 6.99. The summed E-state index contributed by atoms with van der Waals surface area (Å²) in [6.45, 7) is 0. The predicted octanol–water partition coefficient (Wildman–Crippen LogP) is 3.65. The molecule has 0 aliphatic heterocycles. The molecule has 0 bridgehead atoms. The van der Waals surface area contributed by atoms with E-state index in [0.29, 0.717) is 5.92 Å². The molecule has 3 nitrogen and oxygen atoms in total. The maximum Gasteiger partial charge on any atom is 0.241 e. The molecule has 22 heavy (non-hydrogen) atoms. The van der Waals surface area contributed by atoms with Gasteiger partial charge in [0.25, 0.3) is 0 Å². The van der Waals surface area contributed by atoms with Crippen molar-refractivity contribution in [2.75, 3.05) is 5.32 Å². The van der Waals surface area contributed by atoms with Crippen LogP contribution in [0.15, 0.2) is 59.5 Å². The summed E-state index contributed by atoms with van der Waals surface area (Å²) in [7, 11) is 0. The van der Waals surface area contributed by atoms with Gasteiger partial charge in [-0.1, -0.05) is 30.3 Å². The number of nitrogens with one attached hydrogen (secondary N) is 1. The first-order valence-corrected chi connectivity index (χ1v) is 8.54. The Balaban J connectivity index is 1.52. The molecule has 0 saturated heterocycles. The largest absolute Gasteiger partial charge is 0.325 e. The van der Waals surface area contributed by atoms with Crippen molar-refractivity contribution in [3.8, 4) is 0 Å². The summed E-state index contributed by atoms with van der Waals surface area (Å²) in [5.41, 5.74) is 8.01. The van der Waals surface area contributed by atoms with E-state index in [2.05, 4.69) is 29.6 Å². The fourth-order valence-corrected chi connectivity index (χ4v) is 3.12. The average molecular weight is 312 g/mol. The maximum absolute atomic E-state index is 11.9. The van der Waals surface area contributed by atoms with Crippen molar-refractivity contribution < 1.29 is 4.79 Å². The highest BCUT2D eigenvalue weighted by Crippen LogP contribution is 2.32. The number of amides is 1. The maximum atomic E-state index is 11.9. The summed E-state index contributed by atoms with van der Waals surface area (Å²) in [6.07, 6.45) is 2.15. The molecule has 0 radical (unpaired) electrons. The molecular formula is C18H20N2OS. The monoisotopic (exact) mass is 312 g/mol. The topological polar surface area (TPSA) is 55.1 Å². The van der Waals surface area contributed by atoms with Gasteiger partial charge in [-0.25, -0.2) is 0 Å². The van der Waals surface area contributed by atoms with E-state index in [4.69, 9.17) is 5.73 Å². The molecule has 2 aromatic rings. The van der Waals surface area contributed by atoms with Gasteiger partial charge < -0.3 is 11.1 Å². The molecule has 114 valence electrons. The molecule has 0 heterocycles. The molecule has 1 aliphatic rings. The molecule has 0 aromatic heterocycles. The number of thioether (sulfide) groups is 1. The molecule has 1 aliphatic carbocycles. The van der Waals surface area contributed by atoms with Crippen molar-refractivity contribution in [3.63, 3.8) is 0 Å². The van der Waals surface area contributed by atoms with Gasteiger partial charge in [-0.3, -0.25) is 4.79 Å². The second-order valence-corrected chi connectivity index (χ2v) is 6.70. The molecule has 1 amide bonds. The number of anilines is 1. The van der Waals surface area contributed by atoms with Crippen LogP contribution in [0.4, 0.5) is 5.69 Å². The Morgan fingerprint density at radius 3 is 2.45 bits per heavy atom. The Morgan fingerprint density at radius 2 is 1.82 bits per heavy atom. The Kier molecular flexibility index (Phi) is 4.80. The van der Waals surface area contributed by atoms with E-state index >= 15 is 0 Å². The van der Waals surface area contributed by atoms with E-state index in [0.717, 1.165) is 24.3 Å². The van der Waals surface area contributed by atoms with Crippen molar-refractivity contribution in [2.45, 2.75) is 29.5 Å². The molecule has 0 spiro atoms. The van der Waals surface area contributed by atoms with Crippen LogP contribution in [-0.2, 0) is 10.5 Å². The Hall–Kier alpha value is -1.78. The molecular weight excluding hydrogens is 292 g/mol. The van der Waals surface area contributed by atoms with Crippen LogP contribution < -0.4 is 11.1 Å². The summed E-state index contributed by atoms with van der Waals surface area (Å²) >= 11 is 1.78. The van der Waals surface area contributed by atoms with Crippen LogP contribution in [-0.4, -0.2) is 11.9 Å². The van der Waals surface area contributed by atoms with Crippen LogP contribution in [0.5, 0.6) is 0 Å². The fourth-order valence-electron chi connectivity index (χ4n) is 2.27. The number of hydrogen-bond donors (Lipinski definition) is 2. The van der Waals surface area contributed by atoms with E-state index in [9.17, 15) is 4.79 Å². The van der Waals surface area contributed by atoms with Gasteiger partial charge in [0.2, 0.25) is 5.91 Å². The summed E-state index contributed by atoms with van der Waals surface area (Å²) < 4.78 is 0. The van der Waals surface area contributed by atoms with Crippen molar-refractivity contribution in [3.05, 3.63) is 60.2 Å². The zero-order valence-electron chi connectivity index (χ0n) is 12.4. The van der Waals surface area contributed by atoms with Gasteiger partial charge in [0.1, 0.15) is 0 Å². The Morgan fingerprint density at radius 1 is 1.14 bits per heavy atom. The molecule has 2 aromatic carbocycles. The van der Waals surface area contributed by atoms with Gasteiger partial charge in [-0.05, 0) is 48.6 Å². The smallest absolute Gasteiger partial charge is 0.241 e. The third-order valence-corrected chi connectivity index (χ3v) is 4.89. The first-order valence-electron chi connectivity index (χ1n) is 7.55. The first-order chi connectivity index (χ1) is 10.7. The summed E-state index contributed by atoms with van der Waals surface area (Å²) in [6, 6.07) is 18.0. The van der Waals surface area contributed by atoms with E-state index in [1.807, 2.05) is 30.3 Å². The Labute approximate surface area is 135 Å². The number of hydrogen-bond acceptors (Lipinski definition) is 3. The molecule has 1 saturated carbocycles. The van der Waals surface area contributed by atoms with Gasteiger partial charge in [-0.2, -0.15) is 0 Å². The molecule has 3 N–H and O–H groups in total. The fraction of sp³-hybridized carbons (Fsp3) is 0.278. The number of carbonyl (C=O) groups is 1. The standard InChI is InChI=1S/C18H20N2OS/c19-17(14-6-7-14)18(21)20-15-8-10-16(11-9-15)22-12-13-4-2-1-3-5-13/h1-5,8-11,14,17H,6-7,12,19H2,(H,20,21). The first kappa shape index (κ1) is 15.1. The minimum Gasteiger partial charge on any atom is -0.325 e. The lowest BCUT2D eigenvalue weighted by Crippen LogP contribution is -2.37. The van der Waals surface area contributed by atoms with Crippen molar-refractivity contribution in [1.82, 2.24) is 0 Å². The highest BCUT2D eigenvalue weighted by molar-refractivity contribution is 7.98. The lowest BCUT2D eigenvalue weighted by molar-refractivity contribution is -0.117. The lowest BCUT2D eigenvalue weighted by Gasteiger charge is -2.11. The molecule has 1 fully saturated rings. The van der Waals surface area contributed by atoms with Gasteiger partial charge in [0, 0.05) is 16.3 Å². The average Bonchev–Trinajstić information content (AvgIpc) is 3.39. The summed E-state index contributed by atoms with van der Waals surface area (Å²) in [5.74, 6) is 1.24. The second-order valence-electron chi connectivity index (χ2n) is 5.65. The van der Waals surface area contributed by atoms with Gasteiger partial charge in [-0.15, -0.1) is 11.8 Å². The number of carbonyl (C=O) groups excluding carboxylic acids is 1. The third kappa shape index (κ3) is 4.12. The van der Waals surface area contributed by atoms with Gasteiger partial charge >= 0.3 is 0 Å². The highest BCUT2D eigenvalue weighted by Gasteiger charge is 2.33. The predicted molar refractivity (Wildman–Crippen MR) is 91.8 cm³/mol. The zero-order chi connectivity index (χ0) is 15.4. The molecule has 1 unspecified atom stereocenters. The highest BCUT2D eigenvalue weighted by atomic mass is 32.2. The van der Waals surface area contributed by atoms with Gasteiger partial charge in [0.15, 0.2) is 0 Å². The SMILES string of the molecule is NC(C(=O)Nc1ccc(SCc2ccccc2)cc1)C1CC1.